The Morgan fingerprint density at radius 3 is 1.95 bits per heavy atom. The zero-order valence-electron chi connectivity index (χ0n) is 13.2. The summed E-state index contributed by atoms with van der Waals surface area (Å²) in [6, 6.07) is 5.70. The van der Waals surface area contributed by atoms with Crippen LogP contribution in [0.15, 0.2) is 18.2 Å². The van der Waals surface area contributed by atoms with E-state index in [0.29, 0.717) is 5.69 Å². The first kappa shape index (κ1) is 16.3. The maximum absolute atomic E-state index is 7.23. The van der Waals surface area contributed by atoms with E-state index in [1.807, 2.05) is 18.2 Å². The molecule has 0 aliphatic heterocycles. The molecule has 0 radical (unpaired) electrons. The first-order valence-corrected chi connectivity index (χ1v) is 13.7. The van der Waals surface area contributed by atoms with E-state index in [1.54, 1.807) is 0 Å². The van der Waals surface area contributed by atoms with Crippen LogP contribution in [-0.2, 0) is 0 Å². The van der Waals surface area contributed by atoms with Gasteiger partial charge in [-0.15, -0.1) is 11.1 Å². The van der Waals surface area contributed by atoms with E-state index in [0.717, 1.165) is 11.1 Å². The van der Waals surface area contributed by atoms with Crippen LogP contribution in [0.2, 0.25) is 39.3 Å². The molecule has 0 aromatic heterocycles. The molecule has 102 valence electrons. The van der Waals surface area contributed by atoms with Gasteiger partial charge in [0.25, 0.3) is 0 Å². The van der Waals surface area contributed by atoms with Gasteiger partial charge >= 0.3 is 0 Å². The quantitative estimate of drug-likeness (QED) is 0.371. The van der Waals surface area contributed by atoms with Gasteiger partial charge in [-0.3, -0.25) is 0 Å². The predicted octanol–water partition coefficient (Wildman–Crippen LogP) is 4.70. The summed E-state index contributed by atoms with van der Waals surface area (Å²) in [6.07, 6.45) is 0. The molecule has 0 aliphatic rings. The lowest BCUT2D eigenvalue weighted by molar-refractivity contribution is 1.61. The zero-order valence-corrected chi connectivity index (χ0v) is 15.2. The van der Waals surface area contributed by atoms with Crippen LogP contribution in [-0.4, -0.2) is 16.1 Å². The SMILES string of the molecule is [C-]#[N+]c1ccc(C#C[Si](C)(C)C)cc1C#C[Si](C)(C)C. The Morgan fingerprint density at radius 1 is 0.900 bits per heavy atom. The molecule has 0 N–H and O–H groups in total. The van der Waals surface area contributed by atoms with E-state index in [2.05, 4.69) is 67.1 Å². The first-order valence-electron chi connectivity index (χ1n) is 6.69. The highest BCUT2D eigenvalue weighted by Gasteiger charge is 2.09. The van der Waals surface area contributed by atoms with Crippen molar-refractivity contribution in [1.29, 1.82) is 0 Å². The molecule has 0 spiro atoms. The fourth-order valence-corrected chi connectivity index (χ4v) is 2.35. The molecular formula is C17H21NSi2. The number of nitrogens with zero attached hydrogens (tertiary/aromatic N) is 1. The number of benzene rings is 1. The lowest BCUT2D eigenvalue weighted by Gasteiger charge is -2.05. The molecule has 1 nitrogen and oxygen atoms in total. The fraction of sp³-hybridized carbons (Fsp3) is 0.353. The maximum Gasteiger partial charge on any atom is 0.202 e. The molecular weight excluding hydrogens is 274 g/mol. The molecule has 0 saturated carbocycles. The van der Waals surface area contributed by atoms with Crippen molar-refractivity contribution in [1.82, 2.24) is 0 Å². The van der Waals surface area contributed by atoms with E-state index in [-0.39, 0.29) is 0 Å². The van der Waals surface area contributed by atoms with Crippen LogP contribution in [0.5, 0.6) is 0 Å². The largest absolute Gasteiger partial charge is 0.237 e. The second-order valence-electron chi connectivity index (χ2n) is 6.84. The van der Waals surface area contributed by atoms with Gasteiger partial charge in [-0.1, -0.05) is 63.3 Å². The Kier molecular flexibility index (Phi) is 5.01. The molecule has 0 saturated heterocycles. The van der Waals surface area contributed by atoms with Crippen LogP contribution in [0.25, 0.3) is 4.85 Å². The van der Waals surface area contributed by atoms with Gasteiger partial charge in [0.05, 0.1) is 6.57 Å². The normalized spacial score (nSPS) is 10.7. The highest BCUT2D eigenvalue weighted by molar-refractivity contribution is 6.84. The Hall–Kier alpha value is -1.74. The highest BCUT2D eigenvalue weighted by Crippen LogP contribution is 2.20. The molecule has 0 bridgehead atoms. The third-order valence-electron chi connectivity index (χ3n) is 2.27. The van der Waals surface area contributed by atoms with Gasteiger partial charge in [-0.2, -0.15) is 0 Å². The summed E-state index contributed by atoms with van der Waals surface area (Å²) in [6.45, 7) is 20.5. The van der Waals surface area contributed by atoms with Gasteiger partial charge in [-0.05, 0) is 6.07 Å². The first-order chi connectivity index (χ1) is 9.11. The molecule has 3 heteroatoms. The van der Waals surface area contributed by atoms with Crippen molar-refractivity contribution < 1.29 is 0 Å². The second-order valence-corrected chi connectivity index (χ2v) is 16.3. The lowest BCUT2D eigenvalue weighted by Crippen LogP contribution is -2.16. The average Bonchev–Trinajstić information content (AvgIpc) is 2.32. The second kappa shape index (κ2) is 6.14. The lowest BCUT2D eigenvalue weighted by atomic mass is 10.1. The fourth-order valence-electron chi connectivity index (χ4n) is 1.33. The van der Waals surface area contributed by atoms with Gasteiger partial charge in [0.15, 0.2) is 0 Å². The highest BCUT2D eigenvalue weighted by atomic mass is 28.3. The maximum atomic E-state index is 7.23. The molecule has 0 atom stereocenters. The van der Waals surface area contributed by atoms with Crippen LogP contribution in [0.1, 0.15) is 11.1 Å². The van der Waals surface area contributed by atoms with Crippen LogP contribution in [0.3, 0.4) is 0 Å². The Bertz CT molecular complexity index is 660. The zero-order chi connectivity index (χ0) is 15.4. The van der Waals surface area contributed by atoms with E-state index >= 15 is 0 Å². The van der Waals surface area contributed by atoms with Crippen molar-refractivity contribution in [2.75, 3.05) is 0 Å². The van der Waals surface area contributed by atoms with E-state index < -0.39 is 16.1 Å². The monoisotopic (exact) mass is 295 g/mol. The summed E-state index contributed by atoms with van der Waals surface area (Å²) in [5.41, 5.74) is 9.05. The van der Waals surface area contributed by atoms with E-state index in [1.165, 1.54) is 0 Å². The molecule has 0 fully saturated rings. The van der Waals surface area contributed by atoms with Gasteiger partial charge in [0, 0.05) is 11.1 Å². The molecule has 20 heavy (non-hydrogen) atoms. The van der Waals surface area contributed by atoms with Gasteiger partial charge < -0.3 is 0 Å². The molecule has 0 amide bonds. The van der Waals surface area contributed by atoms with Gasteiger partial charge in [0.2, 0.25) is 5.69 Å². The van der Waals surface area contributed by atoms with Crippen molar-refractivity contribution in [3.63, 3.8) is 0 Å². The standard InChI is InChI=1S/C17H21NSi2/c1-18-17-9-8-15(10-12-19(2,3)4)14-16(17)11-13-20(5,6)7/h8-9,14H,2-7H3. The number of hydrogen-bond donors (Lipinski definition) is 0. The predicted molar refractivity (Wildman–Crippen MR) is 93.2 cm³/mol. The van der Waals surface area contributed by atoms with Crippen LogP contribution < -0.4 is 0 Å². The van der Waals surface area contributed by atoms with Crippen LogP contribution >= 0.6 is 0 Å². The summed E-state index contributed by atoms with van der Waals surface area (Å²) in [7, 11) is -2.81. The minimum absolute atomic E-state index is 0.620. The minimum atomic E-state index is -1.43. The Morgan fingerprint density at radius 2 is 1.45 bits per heavy atom. The molecule has 1 rings (SSSR count). The summed E-state index contributed by atoms with van der Waals surface area (Å²) >= 11 is 0. The molecule has 0 unspecified atom stereocenters. The third-order valence-corrected chi connectivity index (χ3v) is 4.02. The molecule has 1 aromatic rings. The van der Waals surface area contributed by atoms with Crippen LogP contribution in [0, 0.1) is 29.5 Å². The summed E-state index contributed by atoms with van der Waals surface area (Å²) in [5.74, 6) is 6.41. The molecule has 1 aromatic carbocycles. The molecule has 0 heterocycles. The van der Waals surface area contributed by atoms with Crippen molar-refractivity contribution >= 4 is 21.8 Å². The smallest absolute Gasteiger partial charge is 0.202 e. The van der Waals surface area contributed by atoms with Crippen molar-refractivity contribution in [3.8, 4) is 22.9 Å². The van der Waals surface area contributed by atoms with Crippen molar-refractivity contribution in [2.24, 2.45) is 0 Å². The van der Waals surface area contributed by atoms with Gasteiger partial charge in [-0.25, -0.2) is 4.85 Å². The van der Waals surface area contributed by atoms with Crippen molar-refractivity contribution in [3.05, 3.63) is 40.7 Å². The van der Waals surface area contributed by atoms with Crippen LogP contribution in [0.4, 0.5) is 5.69 Å². The Labute approximate surface area is 125 Å². The number of rotatable bonds is 0. The van der Waals surface area contributed by atoms with E-state index in [9.17, 15) is 0 Å². The Balaban J connectivity index is 3.25. The average molecular weight is 296 g/mol. The minimum Gasteiger partial charge on any atom is -0.237 e. The van der Waals surface area contributed by atoms with Gasteiger partial charge in [0.1, 0.15) is 16.1 Å². The third kappa shape index (κ3) is 5.94. The topological polar surface area (TPSA) is 4.36 Å². The summed E-state index contributed by atoms with van der Waals surface area (Å²) in [4.78, 5) is 3.54. The number of hydrogen-bond acceptors (Lipinski definition) is 0. The molecule has 0 aliphatic carbocycles. The summed E-state index contributed by atoms with van der Waals surface area (Å²) in [5, 5.41) is 0. The summed E-state index contributed by atoms with van der Waals surface area (Å²) < 4.78 is 0. The van der Waals surface area contributed by atoms with E-state index in [4.69, 9.17) is 6.57 Å². The van der Waals surface area contributed by atoms with Crippen molar-refractivity contribution in [2.45, 2.75) is 39.3 Å².